The van der Waals surface area contributed by atoms with Crippen molar-refractivity contribution >= 4 is 16.9 Å². The number of H-pyrrole nitrogens is 1. The van der Waals surface area contributed by atoms with Crippen molar-refractivity contribution in [2.75, 3.05) is 7.11 Å². The SMILES string of the molecule is COC(=O)c1c[nH]c2cncc(F)c12. The number of halogens is 1. The number of hydrogen-bond acceptors (Lipinski definition) is 3. The summed E-state index contributed by atoms with van der Waals surface area (Å²) in [5, 5.41) is 0.215. The van der Waals surface area contributed by atoms with Crippen LogP contribution in [0.2, 0.25) is 0 Å². The molecule has 0 amide bonds. The van der Waals surface area contributed by atoms with Crippen molar-refractivity contribution in [3.05, 3.63) is 30.0 Å². The summed E-state index contributed by atoms with van der Waals surface area (Å²) < 4.78 is 17.8. The predicted molar refractivity (Wildman–Crippen MR) is 47.4 cm³/mol. The quantitative estimate of drug-likeness (QED) is 0.699. The standard InChI is InChI=1S/C9H7FN2O2/c1-14-9(13)5-2-12-7-4-11-3-6(10)8(5)7/h2-4,12H,1H3. The average Bonchev–Trinajstić information content (AvgIpc) is 2.62. The fourth-order valence-electron chi connectivity index (χ4n) is 1.31. The Bertz CT molecular complexity index is 493. The van der Waals surface area contributed by atoms with Gasteiger partial charge in [0.2, 0.25) is 0 Å². The van der Waals surface area contributed by atoms with Crippen LogP contribution in [-0.4, -0.2) is 23.0 Å². The van der Waals surface area contributed by atoms with Crippen LogP contribution in [0.5, 0.6) is 0 Å². The topological polar surface area (TPSA) is 55.0 Å². The van der Waals surface area contributed by atoms with Crippen LogP contribution < -0.4 is 0 Å². The number of aromatic amines is 1. The molecule has 2 heterocycles. The lowest BCUT2D eigenvalue weighted by molar-refractivity contribution is 0.0603. The fourth-order valence-corrected chi connectivity index (χ4v) is 1.31. The molecule has 14 heavy (non-hydrogen) atoms. The Morgan fingerprint density at radius 1 is 1.57 bits per heavy atom. The van der Waals surface area contributed by atoms with Gasteiger partial charge in [0.15, 0.2) is 5.82 Å². The number of nitrogens with one attached hydrogen (secondary N) is 1. The minimum atomic E-state index is -0.568. The smallest absolute Gasteiger partial charge is 0.340 e. The van der Waals surface area contributed by atoms with Gasteiger partial charge in [-0.3, -0.25) is 4.98 Å². The summed E-state index contributed by atoms with van der Waals surface area (Å²) in [6.07, 6.45) is 3.91. The van der Waals surface area contributed by atoms with E-state index in [1.165, 1.54) is 19.5 Å². The Morgan fingerprint density at radius 2 is 2.36 bits per heavy atom. The molecule has 0 bridgehead atoms. The van der Waals surface area contributed by atoms with Gasteiger partial charge in [0.1, 0.15) is 0 Å². The summed E-state index contributed by atoms with van der Waals surface area (Å²) in [6, 6.07) is 0. The minimum absolute atomic E-state index is 0.183. The summed E-state index contributed by atoms with van der Waals surface area (Å²) >= 11 is 0. The highest BCUT2D eigenvalue weighted by Gasteiger charge is 2.15. The fraction of sp³-hybridized carbons (Fsp3) is 0.111. The third kappa shape index (κ3) is 1.14. The van der Waals surface area contributed by atoms with Crippen LogP contribution in [0.25, 0.3) is 10.9 Å². The van der Waals surface area contributed by atoms with E-state index >= 15 is 0 Å². The molecule has 2 aromatic rings. The Morgan fingerprint density at radius 3 is 3.07 bits per heavy atom. The van der Waals surface area contributed by atoms with Gasteiger partial charge in [-0.05, 0) is 0 Å². The van der Waals surface area contributed by atoms with E-state index in [0.717, 1.165) is 6.20 Å². The van der Waals surface area contributed by atoms with Gasteiger partial charge in [-0.15, -0.1) is 0 Å². The maximum atomic E-state index is 13.3. The zero-order valence-corrected chi connectivity index (χ0v) is 7.37. The summed E-state index contributed by atoms with van der Waals surface area (Å²) in [7, 11) is 1.25. The van der Waals surface area contributed by atoms with E-state index in [9.17, 15) is 9.18 Å². The second-order valence-corrected chi connectivity index (χ2v) is 2.74. The van der Waals surface area contributed by atoms with Gasteiger partial charge in [-0.2, -0.15) is 0 Å². The third-order valence-corrected chi connectivity index (χ3v) is 1.95. The van der Waals surface area contributed by atoms with E-state index in [2.05, 4.69) is 14.7 Å². The van der Waals surface area contributed by atoms with Gasteiger partial charge in [0.05, 0.1) is 36.0 Å². The van der Waals surface area contributed by atoms with E-state index in [4.69, 9.17) is 0 Å². The Kier molecular flexibility index (Phi) is 1.92. The van der Waals surface area contributed by atoms with Crippen LogP contribution in [0.3, 0.4) is 0 Å². The summed E-state index contributed by atoms with van der Waals surface area (Å²) in [6.45, 7) is 0. The molecule has 2 aromatic heterocycles. The van der Waals surface area contributed by atoms with Crippen LogP contribution >= 0.6 is 0 Å². The Labute approximate surface area is 78.7 Å². The highest BCUT2D eigenvalue weighted by Crippen LogP contribution is 2.20. The largest absolute Gasteiger partial charge is 0.465 e. The van der Waals surface area contributed by atoms with E-state index in [1.807, 2.05) is 0 Å². The normalized spacial score (nSPS) is 10.4. The molecule has 72 valence electrons. The van der Waals surface area contributed by atoms with Crippen molar-refractivity contribution in [1.29, 1.82) is 0 Å². The number of nitrogens with zero attached hydrogens (tertiary/aromatic N) is 1. The molecule has 1 N–H and O–H groups in total. The zero-order valence-electron chi connectivity index (χ0n) is 7.37. The Balaban J connectivity index is 2.73. The van der Waals surface area contributed by atoms with Gasteiger partial charge in [-0.25, -0.2) is 9.18 Å². The molecular formula is C9H7FN2O2. The maximum Gasteiger partial charge on any atom is 0.340 e. The van der Waals surface area contributed by atoms with Crippen LogP contribution in [-0.2, 0) is 4.74 Å². The number of pyridine rings is 1. The molecule has 0 radical (unpaired) electrons. The number of ether oxygens (including phenoxy) is 1. The van der Waals surface area contributed by atoms with Crippen molar-refractivity contribution in [3.8, 4) is 0 Å². The molecule has 5 heteroatoms. The molecule has 0 fully saturated rings. The maximum absolute atomic E-state index is 13.3. The first-order valence-corrected chi connectivity index (χ1v) is 3.93. The van der Waals surface area contributed by atoms with Crippen LogP contribution in [0.1, 0.15) is 10.4 Å². The molecule has 0 aliphatic rings. The van der Waals surface area contributed by atoms with Crippen LogP contribution in [0, 0.1) is 5.82 Å². The average molecular weight is 194 g/mol. The number of aromatic nitrogens is 2. The van der Waals surface area contributed by atoms with E-state index in [-0.39, 0.29) is 10.9 Å². The molecule has 0 saturated heterocycles. The van der Waals surface area contributed by atoms with Crippen LogP contribution in [0.15, 0.2) is 18.6 Å². The number of esters is 1. The Hall–Kier alpha value is -1.91. The molecule has 0 atom stereocenters. The second kappa shape index (κ2) is 3.10. The summed E-state index contributed by atoms with van der Waals surface area (Å²) in [5.41, 5.74) is 0.660. The molecule has 4 nitrogen and oxygen atoms in total. The molecule has 0 aliphatic carbocycles. The molecule has 0 aliphatic heterocycles. The highest BCUT2D eigenvalue weighted by atomic mass is 19.1. The van der Waals surface area contributed by atoms with E-state index < -0.39 is 11.8 Å². The van der Waals surface area contributed by atoms with Gasteiger partial charge < -0.3 is 9.72 Å². The van der Waals surface area contributed by atoms with Crippen LogP contribution in [0.4, 0.5) is 4.39 Å². The minimum Gasteiger partial charge on any atom is -0.465 e. The number of hydrogen-bond donors (Lipinski definition) is 1. The van der Waals surface area contributed by atoms with Gasteiger partial charge in [0, 0.05) is 6.20 Å². The van der Waals surface area contributed by atoms with E-state index in [0.29, 0.717) is 5.52 Å². The third-order valence-electron chi connectivity index (χ3n) is 1.95. The summed E-state index contributed by atoms with van der Waals surface area (Å²) in [4.78, 5) is 17.6. The molecule has 0 saturated carbocycles. The number of methoxy groups -OCH3 is 1. The van der Waals surface area contributed by atoms with Gasteiger partial charge in [-0.1, -0.05) is 0 Å². The first kappa shape index (κ1) is 8.68. The monoisotopic (exact) mass is 194 g/mol. The number of carbonyl (C=O) groups excluding carboxylic acids is 1. The predicted octanol–water partition coefficient (Wildman–Crippen LogP) is 1.49. The molecule has 0 spiro atoms. The number of carbonyl (C=O) groups is 1. The lowest BCUT2D eigenvalue weighted by Gasteiger charge is -1.96. The zero-order chi connectivity index (χ0) is 10.1. The van der Waals surface area contributed by atoms with E-state index in [1.54, 1.807) is 0 Å². The van der Waals surface area contributed by atoms with Crippen molar-refractivity contribution in [3.63, 3.8) is 0 Å². The molecule has 2 rings (SSSR count). The number of rotatable bonds is 1. The van der Waals surface area contributed by atoms with Gasteiger partial charge in [0.25, 0.3) is 0 Å². The van der Waals surface area contributed by atoms with Crippen molar-refractivity contribution in [2.45, 2.75) is 0 Å². The van der Waals surface area contributed by atoms with Gasteiger partial charge >= 0.3 is 5.97 Å². The molecular weight excluding hydrogens is 187 g/mol. The first-order chi connectivity index (χ1) is 6.74. The first-order valence-electron chi connectivity index (χ1n) is 3.93. The van der Waals surface area contributed by atoms with Crippen molar-refractivity contribution in [2.24, 2.45) is 0 Å². The van der Waals surface area contributed by atoms with Crippen molar-refractivity contribution in [1.82, 2.24) is 9.97 Å². The summed E-state index contributed by atoms with van der Waals surface area (Å²) in [5.74, 6) is -1.11. The lowest BCUT2D eigenvalue weighted by Crippen LogP contribution is -2.00. The molecule has 0 aromatic carbocycles. The number of fused-ring (bicyclic) bond motifs is 1. The molecule has 0 unspecified atom stereocenters. The lowest BCUT2D eigenvalue weighted by atomic mass is 10.2. The highest BCUT2D eigenvalue weighted by molar-refractivity contribution is 6.03. The second-order valence-electron chi connectivity index (χ2n) is 2.74. The van der Waals surface area contributed by atoms with Crippen molar-refractivity contribution < 1.29 is 13.9 Å².